The Labute approximate surface area is 163 Å². The maximum atomic E-state index is 12.4. The third-order valence-corrected chi connectivity index (χ3v) is 4.39. The molecule has 1 amide bonds. The van der Waals surface area contributed by atoms with Crippen molar-refractivity contribution in [2.24, 2.45) is 0 Å². The van der Waals surface area contributed by atoms with Crippen LogP contribution in [-0.4, -0.2) is 30.5 Å². The Hall–Kier alpha value is -3.26. The van der Waals surface area contributed by atoms with E-state index in [-0.39, 0.29) is 11.9 Å². The first-order valence-corrected chi connectivity index (χ1v) is 9.03. The highest BCUT2D eigenvalue weighted by Crippen LogP contribution is 2.12. The van der Waals surface area contributed by atoms with Crippen LogP contribution in [-0.2, 0) is 6.54 Å². The average molecular weight is 423 g/mol. The second-order valence-electron chi connectivity index (χ2n) is 5.83. The summed E-state index contributed by atoms with van der Waals surface area (Å²) in [5.41, 5.74) is 2.26. The number of aromatic nitrogens is 5. The highest BCUT2D eigenvalue weighted by Gasteiger charge is 2.13. The van der Waals surface area contributed by atoms with Crippen molar-refractivity contribution in [1.82, 2.24) is 24.5 Å². The van der Waals surface area contributed by atoms with Crippen LogP contribution in [0.2, 0.25) is 0 Å². The van der Waals surface area contributed by atoms with E-state index in [1.807, 2.05) is 54.6 Å². The Bertz CT molecular complexity index is 1060. The van der Waals surface area contributed by atoms with Crippen molar-refractivity contribution in [2.45, 2.75) is 6.54 Å². The summed E-state index contributed by atoms with van der Waals surface area (Å²) in [6, 6.07) is 19.2. The molecule has 1 N–H and O–H groups in total. The lowest BCUT2D eigenvalue weighted by molar-refractivity contribution is 0.102. The van der Waals surface area contributed by atoms with Crippen molar-refractivity contribution in [3.05, 3.63) is 88.9 Å². The summed E-state index contributed by atoms with van der Waals surface area (Å²) in [6.07, 6.45) is 3.32. The van der Waals surface area contributed by atoms with Crippen LogP contribution >= 0.6 is 15.9 Å². The van der Waals surface area contributed by atoms with Crippen molar-refractivity contribution < 1.29 is 4.79 Å². The van der Waals surface area contributed by atoms with E-state index in [2.05, 4.69) is 36.4 Å². The number of nitrogens with zero attached hydrogens (tertiary/aromatic N) is 5. The molecule has 0 aliphatic heterocycles. The summed E-state index contributed by atoms with van der Waals surface area (Å²) in [6.45, 7) is 0.568. The molecule has 0 aliphatic carbocycles. The Kier molecular flexibility index (Phi) is 4.80. The van der Waals surface area contributed by atoms with Crippen LogP contribution in [0.5, 0.6) is 0 Å². The van der Waals surface area contributed by atoms with Gasteiger partial charge in [-0.2, -0.15) is 5.10 Å². The number of hydrogen-bond acceptors (Lipinski definition) is 4. The fourth-order valence-electron chi connectivity index (χ4n) is 2.54. The van der Waals surface area contributed by atoms with Gasteiger partial charge in [0.2, 0.25) is 5.95 Å². The van der Waals surface area contributed by atoms with E-state index >= 15 is 0 Å². The third-order valence-electron chi connectivity index (χ3n) is 3.86. The highest BCUT2D eigenvalue weighted by atomic mass is 79.9. The Morgan fingerprint density at radius 3 is 2.56 bits per heavy atom. The summed E-state index contributed by atoms with van der Waals surface area (Å²) >= 11 is 3.41. The summed E-state index contributed by atoms with van der Waals surface area (Å²) in [5.74, 6) is -0.113. The van der Waals surface area contributed by atoms with E-state index in [4.69, 9.17) is 0 Å². The molecule has 0 bridgehead atoms. The number of benzene rings is 2. The molecular weight excluding hydrogens is 408 g/mol. The minimum Gasteiger partial charge on any atom is -0.288 e. The van der Waals surface area contributed by atoms with Crippen molar-refractivity contribution >= 4 is 27.8 Å². The van der Waals surface area contributed by atoms with Gasteiger partial charge in [-0.05, 0) is 35.9 Å². The largest absolute Gasteiger partial charge is 0.288 e. The number of amides is 1. The van der Waals surface area contributed by atoms with Gasteiger partial charge in [-0.15, -0.1) is 5.10 Å². The molecule has 4 rings (SSSR count). The molecule has 0 atom stereocenters. The molecule has 0 unspecified atom stereocenters. The zero-order valence-corrected chi connectivity index (χ0v) is 15.7. The number of anilines is 1. The van der Waals surface area contributed by atoms with Gasteiger partial charge in [0.05, 0.1) is 12.2 Å². The molecule has 0 radical (unpaired) electrons. The van der Waals surface area contributed by atoms with E-state index in [1.54, 1.807) is 28.0 Å². The monoisotopic (exact) mass is 422 g/mol. The molecule has 27 heavy (non-hydrogen) atoms. The van der Waals surface area contributed by atoms with Crippen molar-refractivity contribution in [2.75, 3.05) is 5.32 Å². The molecule has 0 saturated carbocycles. The van der Waals surface area contributed by atoms with Crippen LogP contribution in [0.3, 0.4) is 0 Å². The number of hydrogen-bond donors (Lipinski definition) is 1. The van der Waals surface area contributed by atoms with Crippen LogP contribution in [0.4, 0.5) is 5.95 Å². The molecule has 7 nitrogen and oxygen atoms in total. The van der Waals surface area contributed by atoms with Gasteiger partial charge >= 0.3 is 0 Å². The average Bonchev–Trinajstić information content (AvgIpc) is 3.34. The first-order chi connectivity index (χ1) is 13.2. The van der Waals surface area contributed by atoms with Gasteiger partial charge in [0, 0.05) is 10.7 Å². The Balaban J connectivity index is 1.42. The molecule has 134 valence electrons. The molecule has 0 spiro atoms. The minimum atomic E-state index is -0.355. The van der Waals surface area contributed by atoms with Crippen LogP contribution < -0.4 is 5.32 Å². The standard InChI is InChI=1S/C19H15BrN6O/c20-15-8-6-14(7-9-15)12-25-13-21-19(24-25)22-18(27)17-10-11-26(23-17)16-4-2-1-3-5-16/h1-11,13H,12H2,(H,22,24,27). The fraction of sp³-hybridized carbons (Fsp3) is 0.0526. The number of halogens is 1. The van der Waals surface area contributed by atoms with Gasteiger partial charge < -0.3 is 0 Å². The molecule has 2 aromatic carbocycles. The van der Waals surface area contributed by atoms with Gasteiger partial charge in [0.15, 0.2) is 5.69 Å². The maximum absolute atomic E-state index is 12.4. The minimum absolute atomic E-state index is 0.242. The van der Waals surface area contributed by atoms with E-state index < -0.39 is 0 Å². The van der Waals surface area contributed by atoms with Crippen LogP contribution in [0.25, 0.3) is 5.69 Å². The van der Waals surface area contributed by atoms with Crippen LogP contribution in [0.1, 0.15) is 16.1 Å². The Morgan fingerprint density at radius 1 is 1.00 bits per heavy atom. The van der Waals surface area contributed by atoms with Crippen molar-refractivity contribution in [1.29, 1.82) is 0 Å². The van der Waals surface area contributed by atoms with Crippen molar-refractivity contribution in [3.63, 3.8) is 0 Å². The van der Waals surface area contributed by atoms with E-state index in [0.29, 0.717) is 12.2 Å². The number of carbonyl (C=O) groups excluding carboxylic acids is 1. The fourth-order valence-corrected chi connectivity index (χ4v) is 2.80. The summed E-state index contributed by atoms with van der Waals surface area (Å²) in [4.78, 5) is 16.5. The SMILES string of the molecule is O=C(Nc1ncn(Cc2ccc(Br)cc2)n1)c1ccn(-c2ccccc2)n1. The lowest BCUT2D eigenvalue weighted by atomic mass is 10.2. The third kappa shape index (κ3) is 4.12. The number of nitrogens with one attached hydrogen (secondary N) is 1. The van der Waals surface area contributed by atoms with Crippen LogP contribution in [0.15, 0.2) is 77.7 Å². The first-order valence-electron chi connectivity index (χ1n) is 8.24. The predicted molar refractivity (Wildman–Crippen MR) is 105 cm³/mol. The van der Waals surface area contributed by atoms with Crippen LogP contribution in [0, 0.1) is 0 Å². The quantitative estimate of drug-likeness (QED) is 0.533. The van der Waals surface area contributed by atoms with Gasteiger partial charge in [-0.3, -0.25) is 10.1 Å². The summed E-state index contributed by atoms with van der Waals surface area (Å²) < 4.78 is 4.34. The topological polar surface area (TPSA) is 77.6 Å². The normalized spacial score (nSPS) is 10.7. The number of rotatable bonds is 5. The van der Waals surface area contributed by atoms with Gasteiger partial charge in [-0.25, -0.2) is 14.3 Å². The lowest BCUT2D eigenvalue weighted by Gasteiger charge is -2.01. The summed E-state index contributed by atoms with van der Waals surface area (Å²) in [5, 5.41) is 11.3. The predicted octanol–water partition coefficient (Wildman–Crippen LogP) is 3.53. The van der Waals surface area contributed by atoms with E-state index in [9.17, 15) is 4.79 Å². The molecular formula is C19H15BrN6O. The maximum Gasteiger partial charge on any atom is 0.278 e. The van der Waals surface area contributed by atoms with Crippen molar-refractivity contribution in [3.8, 4) is 5.69 Å². The molecule has 2 aromatic heterocycles. The molecule has 8 heteroatoms. The number of para-hydroxylation sites is 1. The van der Waals surface area contributed by atoms with Gasteiger partial charge in [0.1, 0.15) is 6.33 Å². The zero-order valence-electron chi connectivity index (χ0n) is 14.2. The van der Waals surface area contributed by atoms with E-state index in [1.165, 1.54) is 0 Å². The van der Waals surface area contributed by atoms with Gasteiger partial charge in [0.25, 0.3) is 5.91 Å². The molecule has 4 aromatic rings. The molecule has 0 aliphatic rings. The number of carbonyl (C=O) groups is 1. The second kappa shape index (κ2) is 7.55. The highest BCUT2D eigenvalue weighted by molar-refractivity contribution is 9.10. The smallest absolute Gasteiger partial charge is 0.278 e. The second-order valence-corrected chi connectivity index (χ2v) is 6.74. The van der Waals surface area contributed by atoms with E-state index in [0.717, 1.165) is 15.7 Å². The first kappa shape index (κ1) is 17.2. The molecule has 0 fully saturated rings. The molecule has 0 saturated heterocycles. The zero-order chi connectivity index (χ0) is 18.6. The summed E-state index contributed by atoms with van der Waals surface area (Å²) in [7, 11) is 0. The lowest BCUT2D eigenvalue weighted by Crippen LogP contribution is -2.14. The van der Waals surface area contributed by atoms with Gasteiger partial charge in [-0.1, -0.05) is 46.3 Å². The molecule has 2 heterocycles. The Morgan fingerprint density at radius 2 is 1.78 bits per heavy atom.